The van der Waals surface area contributed by atoms with E-state index in [9.17, 15) is 0 Å². The van der Waals surface area contributed by atoms with Crippen molar-refractivity contribution in [3.63, 3.8) is 0 Å². The summed E-state index contributed by atoms with van der Waals surface area (Å²) in [4.78, 5) is 0. The van der Waals surface area contributed by atoms with Crippen molar-refractivity contribution in [1.29, 1.82) is 0 Å². The molecule has 0 bridgehead atoms. The highest BCUT2D eigenvalue weighted by Gasteiger charge is 2.15. The second-order valence-corrected chi connectivity index (χ2v) is 10.4. The number of hydrogen-bond donors (Lipinski definition) is 0. The first-order valence-electron chi connectivity index (χ1n) is 12.2. The van der Waals surface area contributed by atoms with Gasteiger partial charge in [0, 0.05) is 31.3 Å². The number of hydrogen-bond acceptors (Lipinski definition) is 2. The first-order chi connectivity index (χ1) is 17.8. The summed E-state index contributed by atoms with van der Waals surface area (Å²) in [6.45, 7) is 0. The largest absolute Gasteiger partial charge is 0.456 e. The molecule has 8 rings (SSSR count). The van der Waals surface area contributed by atoms with E-state index >= 15 is 0 Å². The second kappa shape index (κ2) is 7.55. The smallest absolute Gasteiger partial charge is 0.135 e. The highest BCUT2D eigenvalue weighted by molar-refractivity contribution is 7.25. The zero-order valence-electron chi connectivity index (χ0n) is 19.4. The van der Waals surface area contributed by atoms with Gasteiger partial charge in [-0.3, -0.25) is 0 Å². The Bertz CT molecular complexity index is 2070. The third-order valence-corrected chi connectivity index (χ3v) is 8.44. The van der Waals surface area contributed by atoms with Crippen LogP contribution in [0.5, 0.6) is 0 Å². The summed E-state index contributed by atoms with van der Waals surface area (Å²) in [7, 11) is 0. The van der Waals surface area contributed by atoms with Crippen LogP contribution in [-0.4, -0.2) is 0 Å². The van der Waals surface area contributed by atoms with Gasteiger partial charge in [-0.05, 0) is 62.6 Å². The molecule has 1 nitrogen and oxygen atoms in total. The molecule has 36 heavy (non-hydrogen) atoms. The van der Waals surface area contributed by atoms with Gasteiger partial charge in [0.15, 0.2) is 0 Å². The van der Waals surface area contributed by atoms with Gasteiger partial charge >= 0.3 is 0 Å². The minimum Gasteiger partial charge on any atom is -0.456 e. The third kappa shape index (κ3) is 2.82. The normalized spacial score (nSPS) is 11.9. The topological polar surface area (TPSA) is 13.1 Å². The molecular formula is C34H20OS. The summed E-state index contributed by atoms with van der Waals surface area (Å²) in [6, 6.07) is 43.4. The van der Waals surface area contributed by atoms with Crippen LogP contribution < -0.4 is 0 Å². The van der Waals surface area contributed by atoms with E-state index in [1.807, 2.05) is 11.3 Å². The van der Waals surface area contributed by atoms with Crippen molar-refractivity contribution in [2.75, 3.05) is 0 Å². The van der Waals surface area contributed by atoms with Crippen LogP contribution in [0.15, 0.2) is 126 Å². The molecule has 6 aromatic carbocycles. The van der Waals surface area contributed by atoms with Crippen LogP contribution in [0.4, 0.5) is 0 Å². The van der Waals surface area contributed by atoms with Gasteiger partial charge in [0.05, 0.1) is 0 Å². The van der Waals surface area contributed by atoms with Crippen LogP contribution in [-0.2, 0) is 0 Å². The van der Waals surface area contributed by atoms with Crippen LogP contribution >= 0.6 is 11.3 Å². The van der Waals surface area contributed by atoms with Gasteiger partial charge in [0.2, 0.25) is 0 Å². The highest BCUT2D eigenvalue weighted by atomic mass is 32.1. The lowest BCUT2D eigenvalue weighted by atomic mass is 9.93. The molecule has 2 heteroatoms. The molecule has 0 saturated carbocycles. The minimum absolute atomic E-state index is 0.890. The van der Waals surface area contributed by atoms with E-state index < -0.39 is 0 Å². The Morgan fingerprint density at radius 1 is 0.417 bits per heavy atom. The molecule has 0 atom stereocenters. The molecule has 0 spiro atoms. The van der Waals surface area contributed by atoms with Crippen LogP contribution in [0.25, 0.3) is 75.1 Å². The molecular weight excluding hydrogens is 456 g/mol. The maximum Gasteiger partial charge on any atom is 0.135 e. The van der Waals surface area contributed by atoms with Crippen LogP contribution in [0.1, 0.15) is 0 Å². The minimum atomic E-state index is 0.890. The predicted molar refractivity (Wildman–Crippen MR) is 155 cm³/mol. The second-order valence-electron chi connectivity index (χ2n) is 9.29. The van der Waals surface area contributed by atoms with Crippen molar-refractivity contribution in [2.45, 2.75) is 0 Å². The number of thiophene rings is 1. The fourth-order valence-corrected chi connectivity index (χ4v) is 6.81. The van der Waals surface area contributed by atoms with E-state index in [1.54, 1.807) is 0 Å². The molecule has 0 amide bonds. The molecule has 2 aromatic heterocycles. The Kier molecular flexibility index (Phi) is 4.16. The van der Waals surface area contributed by atoms with E-state index in [1.165, 1.54) is 52.5 Å². The van der Waals surface area contributed by atoms with E-state index in [0.717, 1.165) is 22.6 Å². The monoisotopic (exact) mass is 476 g/mol. The van der Waals surface area contributed by atoms with Gasteiger partial charge in [0.25, 0.3) is 0 Å². The number of furan rings is 1. The van der Waals surface area contributed by atoms with Crippen LogP contribution in [0, 0.1) is 0 Å². The molecule has 0 N–H and O–H groups in total. The predicted octanol–water partition coefficient (Wildman–Crippen LogP) is 10.4. The standard InChI is InChI=1S/C34H20OS/c1-2-10-24-22(8-1)23-9-3-4-11-25(23)29-20-21(16-17-26(24)29)30-18-19-31(35-30)27-13-7-15-33-34(27)28-12-5-6-14-32(28)36-33/h1-20H. The van der Waals surface area contributed by atoms with Crippen LogP contribution in [0.2, 0.25) is 0 Å². The first kappa shape index (κ1) is 19.9. The Morgan fingerprint density at radius 2 is 1.00 bits per heavy atom. The Labute approximate surface area is 211 Å². The van der Waals surface area contributed by atoms with Gasteiger partial charge < -0.3 is 4.42 Å². The molecule has 2 heterocycles. The molecule has 0 unspecified atom stereocenters. The molecule has 8 aromatic rings. The van der Waals surface area contributed by atoms with Crippen molar-refractivity contribution >= 4 is 63.8 Å². The van der Waals surface area contributed by atoms with E-state index in [2.05, 4.69) is 121 Å². The molecule has 0 aliphatic rings. The molecule has 0 aliphatic heterocycles. The summed E-state index contributed by atoms with van der Waals surface area (Å²) in [6.07, 6.45) is 0. The molecule has 0 saturated heterocycles. The molecule has 0 aliphatic carbocycles. The average Bonchev–Trinajstić information content (AvgIpc) is 3.58. The number of fused-ring (bicyclic) bond motifs is 9. The maximum absolute atomic E-state index is 6.54. The van der Waals surface area contributed by atoms with Crippen molar-refractivity contribution in [3.8, 4) is 22.6 Å². The van der Waals surface area contributed by atoms with Crippen molar-refractivity contribution in [1.82, 2.24) is 0 Å². The third-order valence-electron chi connectivity index (χ3n) is 7.30. The Morgan fingerprint density at radius 3 is 1.75 bits per heavy atom. The Hall–Kier alpha value is -4.40. The summed E-state index contributed by atoms with van der Waals surface area (Å²) in [5.41, 5.74) is 2.24. The van der Waals surface area contributed by atoms with Crippen molar-refractivity contribution < 1.29 is 4.42 Å². The lowest BCUT2D eigenvalue weighted by Crippen LogP contribution is -1.84. The number of rotatable bonds is 2. The average molecular weight is 477 g/mol. The van der Waals surface area contributed by atoms with Gasteiger partial charge in [0.1, 0.15) is 11.5 Å². The quantitative estimate of drug-likeness (QED) is 0.226. The SMILES string of the molecule is c1ccc2c(c1)sc1cccc(-c3ccc(-c4ccc5c6ccccc6c6ccccc6c5c4)o3)c12. The fourth-order valence-electron chi connectivity index (χ4n) is 5.68. The lowest BCUT2D eigenvalue weighted by molar-refractivity contribution is 0.598. The zero-order chi connectivity index (χ0) is 23.6. The summed E-state index contributed by atoms with van der Waals surface area (Å²) in [5.74, 6) is 1.79. The molecule has 0 fully saturated rings. The lowest BCUT2D eigenvalue weighted by Gasteiger charge is -2.11. The van der Waals surface area contributed by atoms with Crippen molar-refractivity contribution in [3.05, 3.63) is 121 Å². The van der Waals surface area contributed by atoms with E-state index in [4.69, 9.17) is 4.42 Å². The van der Waals surface area contributed by atoms with Gasteiger partial charge in [-0.15, -0.1) is 11.3 Å². The first-order valence-corrected chi connectivity index (χ1v) is 13.0. The molecule has 168 valence electrons. The fraction of sp³-hybridized carbons (Fsp3) is 0. The Balaban J connectivity index is 1.33. The molecule has 0 radical (unpaired) electrons. The van der Waals surface area contributed by atoms with Gasteiger partial charge in [-0.2, -0.15) is 0 Å². The van der Waals surface area contributed by atoms with Gasteiger partial charge in [-0.1, -0.05) is 91.0 Å². The summed E-state index contributed by atoms with van der Waals surface area (Å²) in [5, 5.41) is 10.2. The van der Waals surface area contributed by atoms with E-state index in [0.29, 0.717) is 0 Å². The zero-order valence-corrected chi connectivity index (χ0v) is 20.2. The maximum atomic E-state index is 6.54. The van der Waals surface area contributed by atoms with Gasteiger partial charge in [-0.25, -0.2) is 0 Å². The van der Waals surface area contributed by atoms with Crippen molar-refractivity contribution in [2.24, 2.45) is 0 Å². The van der Waals surface area contributed by atoms with Crippen LogP contribution in [0.3, 0.4) is 0 Å². The summed E-state index contributed by atoms with van der Waals surface area (Å²) < 4.78 is 9.13. The number of benzene rings is 6. The van der Waals surface area contributed by atoms with E-state index in [-0.39, 0.29) is 0 Å². The highest BCUT2D eigenvalue weighted by Crippen LogP contribution is 2.42. The summed E-state index contributed by atoms with van der Waals surface area (Å²) >= 11 is 1.84.